The highest BCUT2D eigenvalue weighted by Crippen LogP contribution is 2.32. The van der Waals surface area contributed by atoms with Gasteiger partial charge in [0.2, 0.25) is 0 Å². The second-order valence-corrected chi connectivity index (χ2v) is 7.91. The SMILES string of the molecule is C[C@@H](NC(=O)COC(=O)COc1ccccc1Cc1ccccc1)c1ccc2c(c1)OCCO2. The van der Waals surface area contributed by atoms with Gasteiger partial charge in [-0.1, -0.05) is 54.6 Å². The standard InChI is InChI=1S/C27H27NO6/c1-19(21-11-12-24-25(16-21)32-14-13-31-24)28-26(29)17-34-27(30)18-33-23-10-6-5-9-22(23)15-20-7-3-2-4-8-20/h2-12,16,19H,13-15,17-18H2,1H3,(H,28,29)/t19-/m1/s1. The summed E-state index contributed by atoms with van der Waals surface area (Å²) in [7, 11) is 0. The molecule has 3 aromatic rings. The van der Waals surface area contributed by atoms with Gasteiger partial charge in [-0.25, -0.2) is 4.79 Å². The molecule has 0 aliphatic carbocycles. The molecule has 0 saturated heterocycles. The maximum absolute atomic E-state index is 12.3. The van der Waals surface area contributed by atoms with E-state index in [1.165, 1.54) is 0 Å². The molecule has 0 radical (unpaired) electrons. The number of hydrogen-bond acceptors (Lipinski definition) is 6. The van der Waals surface area contributed by atoms with Crippen LogP contribution in [0.1, 0.15) is 29.7 Å². The van der Waals surface area contributed by atoms with Crippen molar-refractivity contribution in [3.63, 3.8) is 0 Å². The molecule has 0 spiro atoms. The largest absolute Gasteiger partial charge is 0.486 e. The summed E-state index contributed by atoms with van der Waals surface area (Å²) < 4.78 is 21.9. The molecule has 1 atom stereocenters. The number of nitrogens with one attached hydrogen (secondary N) is 1. The van der Waals surface area contributed by atoms with E-state index >= 15 is 0 Å². The molecule has 3 aromatic carbocycles. The highest BCUT2D eigenvalue weighted by atomic mass is 16.6. The molecule has 1 aliphatic rings. The van der Waals surface area contributed by atoms with Crippen molar-refractivity contribution in [1.29, 1.82) is 0 Å². The molecule has 1 heterocycles. The average Bonchev–Trinajstić information content (AvgIpc) is 2.87. The number of hydrogen-bond donors (Lipinski definition) is 1. The van der Waals surface area contributed by atoms with Crippen molar-refractivity contribution in [2.45, 2.75) is 19.4 Å². The first-order valence-corrected chi connectivity index (χ1v) is 11.2. The predicted molar refractivity (Wildman–Crippen MR) is 126 cm³/mol. The Balaban J connectivity index is 1.23. The van der Waals surface area contributed by atoms with E-state index in [4.69, 9.17) is 18.9 Å². The van der Waals surface area contributed by atoms with E-state index < -0.39 is 11.9 Å². The third-order valence-electron chi connectivity index (χ3n) is 5.36. The van der Waals surface area contributed by atoms with Gasteiger partial charge in [-0.15, -0.1) is 0 Å². The number of carbonyl (C=O) groups excluding carboxylic acids is 2. The zero-order valence-electron chi connectivity index (χ0n) is 19.0. The van der Waals surface area contributed by atoms with E-state index in [0.717, 1.165) is 16.7 Å². The molecule has 4 rings (SSSR count). The second kappa shape index (κ2) is 11.2. The number of benzene rings is 3. The van der Waals surface area contributed by atoms with Crippen LogP contribution in [0.2, 0.25) is 0 Å². The number of fused-ring (bicyclic) bond motifs is 1. The van der Waals surface area contributed by atoms with Crippen molar-refractivity contribution in [3.05, 3.63) is 89.5 Å². The minimum Gasteiger partial charge on any atom is -0.486 e. The molecule has 0 saturated carbocycles. The Bertz CT molecular complexity index is 1130. The van der Waals surface area contributed by atoms with Gasteiger partial charge in [-0.05, 0) is 41.8 Å². The number of ether oxygens (including phenoxy) is 4. The van der Waals surface area contributed by atoms with Gasteiger partial charge in [-0.2, -0.15) is 0 Å². The molecule has 1 amide bonds. The number of carbonyl (C=O) groups is 2. The number of esters is 1. The predicted octanol–water partition coefficient (Wildman–Crippen LogP) is 3.85. The number of amides is 1. The van der Waals surface area contributed by atoms with Crippen LogP contribution in [-0.4, -0.2) is 38.3 Å². The van der Waals surface area contributed by atoms with Gasteiger partial charge in [0.05, 0.1) is 6.04 Å². The van der Waals surface area contributed by atoms with Crippen molar-refractivity contribution in [3.8, 4) is 17.2 Å². The van der Waals surface area contributed by atoms with E-state index in [9.17, 15) is 9.59 Å². The second-order valence-electron chi connectivity index (χ2n) is 7.91. The summed E-state index contributed by atoms with van der Waals surface area (Å²) in [6, 6.07) is 22.8. The summed E-state index contributed by atoms with van der Waals surface area (Å²) in [5, 5.41) is 2.82. The number of para-hydroxylation sites is 1. The first-order valence-electron chi connectivity index (χ1n) is 11.2. The first-order chi connectivity index (χ1) is 16.6. The third-order valence-corrected chi connectivity index (χ3v) is 5.36. The zero-order chi connectivity index (χ0) is 23.8. The smallest absolute Gasteiger partial charge is 0.344 e. The Morgan fingerprint density at radius 2 is 1.65 bits per heavy atom. The van der Waals surface area contributed by atoms with Crippen LogP contribution >= 0.6 is 0 Å². The van der Waals surface area contributed by atoms with E-state index in [-0.39, 0.29) is 19.3 Å². The van der Waals surface area contributed by atoms with Crippen LogP contribution < -0.4 is 19.5 Å². The molecule has 34 heavy (non-hydrogen) atoms. The lowest BCUT2D eigenvalue weighted by atomic mass is 10.0. The highest BCUT2D eigenvalue weighted by Gasteiger charge is 2.17. The van der Waals surface area contributed by atoms with Gasteiger partial charge in [0.1, 0.15) is 19.0 Å². The molecule has 1 N–H and O–H groups in total. The summed E-state index contributed by atoms with van der Waals surface area (Å²) >= 11 is 0. The fraction of sp³-hybridized carbons (Fsp3) is 0.259. The van der Waals surface area contributed by atoms with Crippen molar-refractivity contribution in [2.24, 2.45) is 0 Å². The maximum atomic E-state index is 12.3. The molecule has 176 valence electrons. The summed E-state index contributed by atoms with van der Waals surface area (Å²) in [4.78, 5) is 24.4. The normalized spacial score (nSPS) is 13.0. The quantitative estimate of drug-likeness (QED) is 0.488. The lowest BCUT2D eigenvalue weighted by Gasteiger charge is -2.21. The van der Waals surface area contributed by atoms with Crippen LogP contribution in [0.5, 0.6) is 17.2 Å². The molecule has 0 bridgehead atoms. The van der Waals surface area contributed by atoms with Gasteiger partial charge >= 0.3 is 5.97 Å². The summed E-state index contributed by atoms with van der Waals surface area (Å²) in [6.45, 7) is 2.19. The third kappa shape index (κ3) is 6.28. The Hall–Kier alpha value is -4.00. The molecule has 0 aromatic heterocycles. The van der Waals surface area contributed by atoms with Crippen molar-refractivity contribution in [2.75, 3.05) is 26.4 Å². The monoisotopic (exact) mass is 461 g/mol. The Morgan fingerprint density at radius 3 is 2.47 bits per heavy atom. The molecule has 1 aliphatic heterocycles. The van der Waals surface area contributed by atoms with Gasteiger partial charge in [-0.3, -0.25) is 4.79 Å². The van der Waals surface area contributed by atoms with E-state index in [2.05, 4.69) is 5.32 Å². The Labute approximate surface area is 198 Å². The van der Waals surface area contributed by atoms with Gasteiger partial charge < -0.3 is 24.3 Å². The number of rotatable bonds is 9. The van der Waals surface area contributed by atoms with E-state index in [0.29, 0.717) is 36.9 Å². The van der Waals surface area contributed by atoms with Crippen LogP contribution in [0.25, 0.3) is 0 Å². The summed E-state index contributed by atoms with van der Waals surface area (Å²) in [5.74, 6) is 0.936. The highest BCUT2D eigenvalue weighted by molar-refractivity contribution is 5.81. The molecule has 7 heteroatoms. The van der Waals surface area contributed by atoms with E-state index in [1.807, 2.05) is 79.7 Å². The molecule has 0 unspecified atom stereocenters. The summed E-state index contributed by atoms with van der Waals surface area (Å²) in [5.41, 5.74) is 2.97. The minimum atomic E-state index is -0.614. The molecular formula is C27H27NO6. The molecule has 7 nitrogen and oxygen atoms in total. The Morgan fingerprint density at radius 1 is 0.912 bits per heavy atom. The fourth-order valence-electron chi connectivity index (χ4n) is 3.63. The first kappa shape index (κ1) is 23.2. The van der Waals surface area contributed by atoms with Gasteiger partial charge in [0.15, 0.2) is 24.7 Å². The van der Waals surface area contributed by atoms with E-state index in [1.54, 1.807) is 0 Å². The van der Waals surface area contributed by atoms with Crippen molar-refractivity contribution >= 4 is 11.9 Å². The zero-order valence-corrected chi connectivity index (χ0v) is 19.0. The molecule has 0 fully saturated rings. The topological polar surface area (TPSA) is 83.1 Å². The van der Waals surface area contributed by atoms with Gasteiger partial charge in [0, 0.05) is 6.42 Å². The average molecular weight is 462 g/mol. The van der Waals surface area contributed by atoms with Crippen molar-refractivity contribution < 1.29 is 28.5 Å². The van der Waals surface area contributed by atoms with Crippen LogP contribution in [0.15, 0.2) is 72.8 Å². The minimum absolute atomic E-state index is 0.281. The fourth-order valence-corrected chi connectivity index (χ4v) is 3.63. The van der Waals surface area contributed by atoms with Gasteiger partial charge in [0.25, 0.3) is 5.91 Å². The lowest BCUT2D eigenvalue weighted by molar-refractivity contribution is -0.150. The van der Waals surface area contributed by atoms with Crippen molar-refractivity contribution in [1.82, 2.24) is 5.32 Å². The maximum Gasteiger partial charge on any atom is 0.344 e. The van der Waals surface area contributed by atoms with Crippen LogP contribution in [0.4, 0.5) is 0 Å². The Kier molecular flexibility index (Phi) is 7.65. The lowest BCUT2D eigenvalue weighted by Crippen LogP contribution is -2.32. The van der Waals surface area contributed by atoms with Crippen LogP contribution in [0, 0.1) is 0 Å². The summed E-state index contributed by atoms with van der Waals surface area (Å²) in [6.07, 6.45) is 0.687. The molecular weight excluding hydrogens is 434 g/mol. The van der Waals surface area contributed by atoms with Crippen LogP contribution in [-0.2, 0) is 20.7 Å². The van der Waals surface area contributed by atoms with Crippen LogP contribution in [0.3, 0.4) is 0 Å².